The van der Waals surface area contributed by atoms with E-state index < -0.39 is 0 Å². The lowest BCUT2D eigenvalue weighted by Gasteiger charge is -2.26. The van der Waals surface area contributed by atoms with Crippen molar-refractivity contribution in [1.82, 2.24) is 24.7 Å². The molecule has 130 valence electrons. The van der Waals surface area contributed by atoms with Gasteiger partial charge in [-0.1, -0.05) is 27.7 Å². The first kappa shape index (κ1) is 16.9. The number of aromatic nitrogens is 5. The number of anilines is 1. The molecule has 3 heterocycles. The first-order valence-electron chi connectivity index (χ1n) is 8.95. The van der Waals surface area contributed by atoms with Gasteiger partial charge in [0.1, 0.15) is 18.0 Å². The zero-order valence-electron chi connectivity index (χ0n) is 15.4. The highest BCUT2D eigenvalue weighted by Crippen LogP contribution is 2.35. The van der Waals surface area contributed by atoms with E-state index in [1.165, 1.54) is 0 Å². The Kier molecular flexibility index (Phi) is 4.83. The topological polar surface area (TPSA) is 59.7 Å². The van der Waals surface area contributed by atoms with Crippen molar-refractivity contribution in [3.63, 3.8) is 0 Å². The molecule has 0 aromatic carbocycles. The molecule has 1 unspecified atom stereocenters. The van der Waals surface area contributed by atoms with E-state index in [1.54, 1.807) is 0 Å². The van der Waals surface area contributed by atoms with Crippen molar-refractivity contribution < 1.29 is 0 Å². The zero-order chi connectivity index (χ0) is 17.3. The molecule has 0 saturated carbocycles. The molecule has 0 aliphatic carbocycles. The first-order valence-corrected chi connectivity index (χ1v) is 8.95. The largest absolute Gasteiger partial charge is 0.346 e. The third kappa shape index (κ3) is 3.42. The van der Waals surface area contributed by atoms with E-state index in [9.17, 15) is 0 Å². The summed E-state index contributed by atoms with van der Waals surface area (Å²) >= 11 is 0. The summed E-state index contributed by atoms with van der Waals surface area (Å²) in [5.41, 5.74) is 1.03. The normalized spacial score (nSPS) is 18.1. The minimum absolute atomic E-state index is 0.251. The molecule has 0 radical (unpaired) electrons. The first-order chi connectivity index (χ1) is 11.5. The summed E-state index contributed by atoms with van der Waals surface area (Å²) in [6.45, 7) is 12.7. The van der Waals surface area contributed by atoms with Crippen LogP contribution in [0.15, 0.2) is 12.4 Å². The second-order valence-corrected chi connectivity index (χ2v) is 7.47. The standard InChI is InChI=1S/C18H28N6/c1-12(2)10-23-11-19-22-18(23)15-7-6-8-24(15)16-9-14(5)20-17(21-16)13(3)4/h9,11-13,15H,6-8,10H2,1-5H3. The molecule has 1 aliphatic heterocycles. The van der Waals surface area contributed by atoms with Crippen LogP contribution in [0.5, 0.6) is 0 Å². The van der Waals surface area contributed by atoms with Gasteiger partial charge >= 0.3 is 0 Å². The summed E-state index contributed by atoms with van der Waals surface area (Å²) in [6, 6.07) is 2.34. The third-order valence-electron chi connectivity index (χ3n) is 4.43. The van der Waals surface area contributed by atoms with Gasteiger partial charge in [-0.15, -0.1) is 10.2 Å². The number of hydrogen-bond donors (Lipinski definition) is 0. The van der Waals surface area contributed by atoms with Gasteiger partial charge < -0.3 is 9.47 Å². The van der Waals surface area contributed by atoms with Crippen LogP contribution in [-0.2, 0) is 6.54 Å². The molecule has 6 nitrogen and oxygen atoms in total. The number of nitrogens with zero attached hydrogens (tertiary/aromatic N) is 6. The van der Waals surface area contributed by atoms with Crippen molar-refractivity contribution in [2.45, 2.75) is 66.0 Å². The van der Waals surface area contributed by atoms with Crippen molar-refractivity contribution >= 4 is 5.82 Å². The second kappa shape index (κ2) is 6.87. The van der Waals surface area contributed by atoms with E-state index in [0.29, 0.717) is 11.8 Å². The van der Waals surface area contributed by atoms with Crippen LogP contribution in [0.1, 0.15) is 69.8 Å². The molecule has 1 aliphatic rings. The Hall–Kier alpha value is -1.98. The molecule has 6 heteroatoms. The lowest BCUT2D eigenvalue weighted by molar-refractivity contribution is 0.487. The summed E-state index contributed by atoms with van der Waals surface area (Å²) in [5, 5.41) is 8.60. The maximum atomic E-state index is 4.82. The molecule has 1 fully saturated rings. The van der Waals surface area contributed by atoms with Gasteiger partial charge in [-0.2, -0.15) is 0 Å². The van der Waals surface area contributed by atoms with E-state index in [1.807, 2.05) is 13.3 Å². The Morgan fingerprint density at radius 3 is 2.71 bits per heavy atom. The quantitative estimate of drug-likeness (QED) is 0.841. The highest BCUT2D eigenvalue weighted by atomic mass is 15.3. The summed E-state index contributed by atoms with van der Waals surface area (Å²) in [6.07, 6.45) is 4.10. The Bertz CT molecular complexity index is 691. The fourth-order valence-electron chi connectivity index (χ4n) is 3.35. The van der Waals surface area contributed by atoms with Crippen molar-refractivity contribution in [1.29, 1.82) is 0 Å². The number of rotatable bonds is 5. The smallest absolute Gasteiger partial charge is 0.155 e. The van der Waals surface area contributed by atoms with Gasteiger partial charge in [0, 0.05) is 30.8 Å². The molecular formula is C18H28N6. The van der Waals surface area contributed by atoms with Crippen molar-refractivity contribution in [3.05, 3.63) is 29.7 Å². The molecule has 3 rings (SSSR count). The highest BCUT2D eigenvalue weighted by molar-refractivity contribution is 5.43. The fourth-order valence-corrected chi connectivity index (χ4v) is 3.35. The average Bonchev–Trinajstić information content (AvgIpc) is 3.14. The molecule has 0 N–H and O–H groups in total. The Morgan fingerprint density at radius 2 is 2.00 bits per heavy atom. The van der Waals surface area contributed by atoms with Gasteiger partial charge in [-0.3, -0.25) is 0 Å². The zero-order valence-corrected chi connectivity index (χ0v) is 15.4. The van der Waals surface area contributed by atoms with Crippen LogP contribution in [0.3, 0.4) is 0 Å². The van der Waals surface area contributed by atoms with Gasteiger partial charge in [0.25, 0.3) is 0 Å². The molecule has 2 aromatic heterocycles. The van der Waals surface area contributed by atoms with Crippen LogP contribution < -0.4 is 4.90 Å². The fraction of sp³-hybridized carbons (Fsp3) is 0.667. The molecular weight excluding hydrogens is 300 g/mol. The molecule has 2 aromatic rings. The van der Waals surface area contributed by atoms with E-state index in [4.69, 9.17) is 4.98 Å². The molecule has 1 atom stereocenters. The Morgan fingerprint density at radius 1 is 1.21 bits per heavy atom. The number of aryl methyl sites for hydroxylation is 1. The predicted molar refractivity (Wildman–Crippen MR) is 95.0 cm³/mol. The summed E-state index contributed by atoms with van der Waals surface area (Å²) in [5.74, 6) is 3.90. The van der Waals surface area contributed by atoms with E-state index >= 15 is 0 Å². The van der Waals surface area contributed by atoms with Crippen LogP contribution in [0.4, 0.5) is 5.82 Å². The molecule has 24 heavy (non-hydrogen) atoms. The van der Waals surface area contributed by atoms with Gasteiger partial charge in [0.05, 0.1) is 6.04 Å². The SMILES string of the molecule is Cc1cc(N2CCCC2c2nncn2CC(C)C)nc(C(C)C)n1. The number of hydrogen-bond acceptors (Lipinski definition) is 5. The lowest BCUT2D eigenvalue weighted by Crippen LogP contribution is -2.27. The minimum atomic E-state index is 0.251. The monoisotopic (exact) mass is 328 g/mol. The Labute approximate surface area is 144 Å². The van der Waals surface area contributed by atoms with Gasteiger partial charge in [0.15, 0.2) is 5.82 Å². The van der Waals surface area contributed by atoms with Gasteiger partial charge in [0.2, 0.25) is 0 Å². The minimum Gasteiger partial charge on any atom is -0.346 e. The maximum absolute atomic E-state index is 4.82. The van der Waals surface area contributed by atoms with Gasteiger partial charge in [-0.25, -0.2) is 9.97 Å². The van der Waals surface area contributed by atoms with Crippen molar-refractivity contribution in [2.75, 3.05) is 11.4 Å². The van der Waals surface area contributed by atoms with E-state index in [-0.39, 0.29) is 6.04 Å². The predicted octanol–water partition coefficient (Wildman–Crippen LogP) is 3.50. The van der Waals surface area contributed by atoms with Crippen LogP contribution >= 0.6 is 0 Å². The summed E-state index contributed by atoms with van der Waals surface area (Å²) in [4.78, 5) is 11.8. The summed E-state index contributed by atoms with van der Waals surface area (Å²) in [7, 11) is 0. The second-order valence-electron chi connectivity index (χ2n) is 7.47. The van der Waals surface area contributed by atoms with Crippen LogP contribution in [0.2, 0.25) is 0 Å². The molecule has 0 spiro atoms. The third-order valence-corrected chi connectivity index (χ3v) is 4.43. The van der Waals surface area contributed by atoms with Crippen molar-refractivity contribution in [3.8, 4) is 0 Å². The lowest BCUT2D eigenvalue weighted by atomic mass is 10.1. The maximum Gasteiger partial charge on any atom is 0.155 e. The molecule has 0 amide bonds. The summed E-state index contributed by atoms with van der Waals surface area (Å²) < 4.78 is 2.20. The van der Waals surface area contributed by atoms with Crippen LogP contribution in [0, 0.1) is 12.8 Å². The van der Waals surface area contributed by atoms with Crippen molar-refractivity contribution in [2.24, 2.45) is 5.92 Å². The van der Waals surface area contributed by atoms with Crippen LogP contribution in [-0.4, -0.2) is 31.3 Å². The van der Waals surface area contributed by atoms with Crippen LogP contribution in [0.25, 0.3) is 0 Å². The Balaban J connectivity index is 1.93. The highest BCUT2D eigenvalue weighted by Gasteiger charge is 2.31. The van der Waals surface area contributed by atoms with Gasteiger partial charge in [-0.05, 0) is 25.7 Å². The average molecular weight is 328 g/mol. The molecule has 0 bridgehead atoms. The van der Waals surface area contributed by atoms with E-state index in [2.05, 4.69) is 58.4 Å². The van der Waals surface area contributed by atoms with E-state index in [0.717, 1.165) is 49.1 Å². The molecule has 1 saturated heterocycles.